The minimum absolute atomic E-state index is 0.00223. The Morgan fingerprint density at radius 3 is 2.72 bits per heavy atom. The van der Waals surface area contributed by atoms with E-state index in [0.29, 0.717) is 12.1 Å². The first kappa shape index (κ1) is 17.1. The van der Waals surface area contributed by atoms with E-state index in [-0.39, 0.29) is 18.2 Å². The Kier molecular flexibility index (Phi) is 5.08. The lowest BCUT2D eigenvalue weighted by Gasteiger charge is -2.38. The molecule has 2 unspecified atom stereocenters. The van der Waals surface area contributed by atoms with Crippen molar-refractivity contribution in [2.45, 2.75) is 32.5 Å². The average Bonchev–Trinajstić information content (AvgIpc) is 2.64. The Labute approximate surface area is 149 Å². The maximum Gasteiger partial charge on any atom is 0.258 e. The summed E-state index contributed by atoms with van der Waals surface area (Å²) >= 11 is 0. The lowest BCUT2D eigenvalue weighted by Crippen LogP contribution is -2.43. The van der Waals surface area contributed by atoms with Crippen molar-refractivity contribution < 1.29 is 9.53 Å². The largest absolute Gasteiger partial charge is 0.490 e. The average molecular weight is 336 g/mol. The summed E-state index contributed by atoms with van der Waals surface area (Å²) < 4.78 is 6.09. The highest BCUT2D eigenvalue weighted by Crippen LogP contribution is 2.37. The van der Waals surface area contributed by atoms with Gasteiger partial charge in [0.05, 0.1) is 11.7 Å². The van der Waals surface area contributed by atoms with E-state index < -0.39 is 0 Å². The molecule has 0 radical (unpaired) electrons. The maximum atomic E-state index is 13.0. The number of nitrogens with one attached hydrogen (secondary N) is 1. The molecule has 2 aromatic rings. The van der Waals surface area contributed by atoms with Crippen LogP contribution >= 0.6 is 0 Å². The van der Waals surface area contributed by atoms with Crippen LogP contribution in [0.4, 0.5) is 5.69 Å². The van der Waals surface area contributed by atoms with Gasteiger partial charge in [0.2, 0.25) is 0 Å². The number of ether oxygens (including phenoxy) is 1. The zero-order chi connectivity index (χ0) is 17.8. The molecule has 0 bridgehead atoms. The van der Waals surface area contributed by atoms with Gasteiger partial charge in [0, 0.05) is 17.8 Å². The van der Waals surface area contributed by atoms with Crippen LogP contribution in [-0.2, 0) is 0 Å². The van der Waals surface area contributed by atoms with Crippen LogP contribution < -0.4 is 10.1 Å². The summed E-state index contributed by atoms with van der Waals surface area (Å²) in [6, 6.07) is 15.5. The Bertz CT molecular complexity index is 772. The number of carbonyl (C=O) groups is 1. The molecule has 1 N–H and O–H groups in total. The van der Waals surface area contributed by atoms with Gasteiger partial charge in [-0.3, -0.25) is 4.79 Å². The second-order valence-electron chi connectivity index (χ2n) is 6.21. The third kappa shape index (κ3) is 3.38. The standard InChI is InChI=1S/C21H24N2O2/c1-4-14-23-20(22-18-12-8-6-10-16(18)21(23)24)17-11-7-9-13-19(17)25-15(3)5-2/h4,6-13,15,20,22H,1,5,14H2,2-3H3. The predicted molar refractivity (Wildman–Crippen MR) is 101 cm³/mol. The summed E-state index contributed by atoms with van der Waals surface area (Å²) in [5, 5.41) is 3.49. The molecule has 0 saturated carbocycles. The quantitative estimate of drug-likeness (QED) is 0.783. The number of anilines is 1. The summed E-state index contributed by atoms with van der Waals surface area (Å²) in [5.41, 5.74) is 2.48. The normalized spacial score (nSPS) is 17.4. The monoisotopic (exact) mass is 336 g/mol. The second-order valence-corrected chi connectivity index (χ2v) is 6.21. The highest BCUT2D eigenvalue weighted by atomic mass is 16.5. The summed E-state index contributed by atoms with van der Waals surface area (Å²) in [7, 11) is 0. The van der Waals surface area contributed by atoms with Crippen LogP contribution in [0.5, 0.6) is 5.75 Å². The van der Waals surface area contributed by atoms with Gasteiger partial charge < -0.3 is 15.0 Å². The molecule has 1 aliphatic heterocycles. The number of carbonyl (C=O) groups excluding carboxylic acids is 1. The number of benzene rings is 2. The molecule has 0 spiro atoms. The molecule has 2 aromatic carbocycles. The molecule has 25 heavy (non-hydrogen) atoms. The van der Waals surface area contributed by atoms with Crippen LogP contribution in [0.2, 0.25) is 0 Å². The van der Waals surface area contributed by atoms with Crippen molar-refractivity contribution in [1.82, 2.24) is 4.90 Å². The van der Waals surface area contributed by atoms with Crippen molar-refractivity contribution in [2.75, 3.05) is 11.9 Å². The van der Waals surface area contributed by atoms with Gasteiger partial charge in [0.15, 0.2) is 0 Å². The SMILES string of the molecule is C=CCN1C(=O)c2ccccc2NC1c1ccccc1OC(C)CC. The molecular weight excluding hydrogens is 312 g/mol. The van der Waals surface area contributed by atoms with Crippen molar-refractivity contribution in [3.05, 3.63) is 72.3 Å². The van der Waals surface area contributed by atoms with Crippen LogP contribution in [0, 0.1) is 0 Å². The number of nitrogens with zero attached hydrogens (tertiary/aromatic N) is 1. The smallest absolute Gasteiger partial charge is 0.258 e. The topological polar surface area (TPSA) is 41.6 Å². The molecule has 1 amide bonds. The molecule has 1 aliphatic rings. The highest BCUT2D eigenvalue weighted by molar-refractivity contribution is 6.01. The van der Waals surface area contributed by atoms with Crippen LogP contribution in [-0.4, -0.2) is 23.5 Å². The zero-order valence-corrected chi connectivity index (χ0v) is 14.7. The summed E-state index contributed by atoms with van der Waals surface area (Å²) in [6.45, 7) is 8.41. The number of hydrogen-bond acceptors (Lipinski definition) is 3. The first-order valence-electron chi connectivity index (χ1n) is 8.68. The highest BCUT2D eigenvalue weighted by Gasteiger charge is 2.33. The van der Waals surface area contributed by atoms with Gasteiger partial charge in [-0.05, 0) is 31.5 Å². The molecule has 4 nitrogen and oxygen atoms in total. The Morgan fingerprint density at radius 1 is 1.24 bits per heavy atom. The molecule has 130 valence electrons. The van der Waals surface area contributed by atoms with Crippen molar-refractivity contribution in [3.63, 3.8) is 0 Å². The first-order chi connectivity index (χ1) is 12.2. The van der Waals surface area contributed by atoms with Crippen LogP contribution in [0.3, 0.4) is 0 Å². The molecule has 2 atom stereocenters. The first-order valence-corrected chi connectivity index (χ1v) is 8.68. The number of para-hydroxylation sites is 2. The van der Waals surface area contributed by atoms with Gasteiger partial charge >= 0.3 is 0 Å². The fraction of sp³-hybridized carbons (Fsp3) is 0.286. The van der Waals surface area contributed by atoms with E-state index >= 15 is 0 Å². The van der Waals surface area contributed by atoms with E-state index in [0.717, 1.165) is 23.4 Å². The fourth-order valence-corrected chi connectivity index (χ4v) is 2.98. The molecule has 0 saturated heterocycles. The lowest BCUT2D eigenvalue weighted by molar-refractivity contribution is 0.0704. The Hall–Kier alpha value is -2.75. The third-order valence-corrected chi connectivity index (χ3v) is 4.46. The minimum Gasteiger partial charge on any atom is -0.490 e. The van der Waals surface area contributed by atoms with Gasteiger partial charge in [-0.1, -0.05) is 43.3 Å². The van der Waals surface area contributed by atoms with Crippen LogP contribution in [0.1, 0.15) is 42.4 Å². The number of hydrogen-bond donors (Lipinski definition) is 1. The van der Waals surface area contributed by atoms with Crippen molar-refractivity contribution in [3.8, 4) is 5.75 Å². The number of amides is 1. The maximum absolute atomic E-state index is 13.0. The van der Waals surface area contributed by atoms with E-state index in [1.807, 2.05) is 55.5 Å². The minimum atomic E-state index is -0.291. The van der Waals surface area contributed by atoms with Crippen LogP contribution in [0.25, 0.3) is 0 Å². The van der Waals surface area contributed by atoms with Gasteiger partial charge in [-0.15, -0.1) is 6.58 Å². The van der Waals surface area contributed by atoms with Gasteiger partial charge in [-0.2, -0.15) is 0 Å². The summed E-state index contributed by atoms with van der Waals surface area (Å²) in [6.07, 6.45) is 2.49. The Morgan fingerprint density at radius 2 is 1.96 bits per heavy atom. The molecule has 0 aliphatic carbocycles. The van der Waals surface area contributed by atoms with Crippen molar-refractivity contribution in [1.29, 1.82) is 0 Å². The van der Waals surface area contributed by atoms with E-state index in [1.54, 1.807) is 11.0 Å². The zero-order valence-electron chi connectivity index (χ0n) is 14.7. The van der Waals surface area contributed by atoms with E-state index in [1.165, 1.54) is 0 Å². The molecule has 0 aromatic heterocycles. The van der Waals surface area contributed by atoms with Gasteiger partial charge in [0.1, 0.15) is 11.9 Å². The third-order valence-electron chi connectivity index (χ3n) is 4.46. The van der Waals surface area contributed by atoms with Gasteiger partial charge in [-0.25, -0.2) is 0 Å². The fourth-order valence-electron chi connectivity index (χ4n) is 2.98. The van der Waals surface area contributed by atoms with E-state index in [4.69, 9.17) is 4.74 Å². The van der Waals surface area contributed by atoms with Gasteiger partial charge in [0.25, 0.3) is 5.91 Å². The lowest BCUT2D eigenvalue weighted by atomic mass is 10.0. The van der Waals surface area contributed by atoms with E-state index in [9.17, 15) is 4.79 Å². The predicted octanol–water partition coefficient (Wildman–Crippen LogP) is 4.62. The summed E-state index contributed by atoms with van der Waals surface area (Å²) in [4.78, 5) is 14.8. The molecule has 3 rings (SSSR count). The van der Waals surface area contributed by atoms with Crippen LogP contribution in [0.15, 0.2) is 61.2 Å². The number of rotatable bonds is 6. The molecule has 1 heterocycles. The summed E-state index contributed by atoms with van der Waals surface area (Å²) in [5.74, 6) is 0.799. The second kappa shape index (κ2) is 7.43. The van der Waals surface area contributed by atoms with Crippen molar-refractivity contribution >= 4 is 11.6 Å². The molecular formula is C21H24N2O2. The van der Waals surface area contributed by atoms with E-state index in [2.05, 4.69) is 18.8 Å². The molecule has 0 fully saturated rings. The molecule has 4 heteroatoms. The van der Waals surface area contributed by atoms with Crippen molar-refractivity contribution in [2.24, 2.45) is 0 Å². The Balaban J connectivity index is 2.03. The number of fused-ring (bicyclic) bond motifs is 1.